The second-order valence-corrected chi connectivity index (χ2v) is 3.47. The van der Waals surface area contributed by atoms with Gasteiger partial charge in [-0.1, -0.05) is 19.2 Å². The maximum Gasteiger partial charge on any atom is 0.255 e. The maximum atomic E-state index is 11.9. The topological polar surface area (TPSA) is 64.3 Å². The van der Waals surface area contributed by atoms with Crippen LogP contribution >= 0.6 is 0 Å². The van der Waals surface area contributed by atoms with E-state index in [1.54, 1.807) is 30.4 Å². The van der Waals surface area contributed by atoms with E-state index in [-0.39, 0.29) is 5.91 Å². The van der Waals surface area contributed by atoms with Crippen molar-refractivity contribution in [2.75, 3.05) is 12.8 Å². The van der Waals surface area contributed by atoms with Gasteiger partial charge in [0.15, 0.2) is 0 Å². The quantitative estimate of drug-likeness (QED) is 0.617. The lowest BCUT2D eigenvalue weighted by Gasteiger charge is -2.08. The number of hydrogen-bond acceptors (Lipinski definition) is 3. The lowest BCUT2D eigenvalue weighted by atomic mass is 10.1. The predicted octanol–water partition coefficient (Wildman–Crippen LogP) is 2.26. The van der Waals surface area contributed by atoms with Gasteiger partial charge in [0.1, 0.15) is 5.75 Å². The molecule has 0 atom stereocenters. The van der Waals surface area contributed by atoms with Crippen LogP contribution in [-0.2, 0) is 0 Å². The normalized spacial score (nSPS) is 10.6. The van der Waals surface area contributed by atoms with Crippen LogP contribution < -0.4 is 15.8 Å². The molecule has 94 valence electrons. The largest absolute Gasteiger partial charge is 0.495 e. The molecule has 0 fully saturated rings. The molecule has 0 radical (unpaired) electrons. The first-order valence-electron chi connectivity index (χ1n) is 5.32. The van der Waals surface area contributed by atoms with Gasteiger partial charge in [0.05, 0.1) is 12.8 Å². The van der Waals surface area contributed by atoms with E-state index in [0.717, 1.165) is 0 Å². The third-order valence-corrected chi connectivity index (χ3v) is 2.27. The van der Waals surface area contributed by atoms with Gasteiger partial charge in [-0.15, -0.1) is 0 Å². The van der Waals surface area contributed by atoms with Gasteiger partial charge in [-0.05, 0) is 30.4 Å². The first-order valence-corrected chi connectivity index (χ1v) is 5.32. The molecular weight excluding hydrogens is 228 g/mol. The number of methoxy groups -OCH3 is 1. The summed E-state index contributed by atoms with van der Waals surface area (Å²) >= 11 is 0. The minimum absolute atomic E-state index is 0.266. The standard InChI is InChI=1S/C14H16N2O2/c1-4-6-11(5-2)16-14(17)10-7-8-13(18-3)12(15)9-10/h4-9H,1-2,15H2,3H3,(H,16,17)/b11-6+. The van der Waals surface area contributed by atoms with Gasteiger partial charge in [-0.25, -0.2) is 0 Å². The fraction of sp³-hybridized carbons (Fsp3) is 0.0714. The first-order chi connectivity index (χ1) is 8.62. The summed E-state index contributed by atoms with van der Waals surface area (Å²) in [6.45, 7) is 7.15. The minimum atomic E-state index is -0.266. The van der Waals surface area contributed by atoms with Gasteiger partial charge in [-0.3, -0.25) is 4.79 Å². The van der Waals surface area contributed by atoms with Gasteiger partial charge in [0.2, 0.25) is 0 Å². The number of hydrogen-bond donors (Lipinski definition) is 2. The van der Waals surface area contributed by atoms with Gasteiger partial charge in [-0.2, -0.15) is 0 Å². The molecule has 0 saturated carbocycles. The molecule has 4 heteroatoms. The van der Waals surface area contributed by atoms with Gasteiger partial charge in [0.25, 0.3) is 5.91 Å². The van der Waals surface area contributed by atoms with E-state index in [1.807, 2.05) is 0 Å². The number of ether oxygens (including phenoxy) is 1. The van der Waals surface area contributed by atoms with E-state index in [9.17, 15) is 4.79 Å². The number of nitrogen functional groups attached to an aromatic ring is 1. The van der Waals surface area contributed by atoms with Crippen molar-refractivity contribution in [3.8, 4) is 5.75 Å². The second kappa shape index (κ2) is 6.30. The highest BCUT2D eigenvalue weighted by molar-refractivity contribution is 5.96. The highest BCUT2D eigenvalue weighted by Crippen LogP contribution is 2.21. The molecule has 0 spiro atoms. The third-order valence-electron chi connectivity index (χ3n) is 2.27. The molecule has 0 unspecified atom stereocenters. The molecular formula is C14H16N2O2. The van der Waals surface area contributed by atoms with E-state index in [2.05, 4.69) is 18.5 Å². The molecule has 1 rings (SSSR count). The van der Waals surface area contributed by atoms with Crippen LogP contribution in [0, 0.1) is 0 Å². The Kier molecular flexibility index (Phi) is 4.75. The van der Waals surface area contributed by atoms with Crippen molar-refractivity contribution in [1.29, 1.82) is 0 Å². The lowest BCUT2D eigenvalue weighted by molar-refractivity contribution is 0.0967. The van der Waals surface area contributed by atoms with Gasteiger partial charge >= 0.3 is 0 Å². The van der Waals surface area contributed by atoms with Crippen molar-refractivity contribution in [3.63, 3.8) is 0 Å². The number of amides is 1. The minimum Gasteiger partial charge on any atom is -0.495 e. The lowest BCUT2D eigenvalue weighted by Crippen LogP contribution is -2.21. The molecule has 0 aromatic heterocycles. The first kappa shape index (κ1) is 13.6. The Hall–Kier alpha value is -2.49. The van der Waals surface area contributed by atoms with Crippen LogP contribution in [0.3, 0.4) is 0 Å². The Balaban J connectivity index is 2.91. The summed E-state index contributed by atoms with van der Waals surface area (Å²) < 4.78 is 5.02. The molecule has 0 saturated heterocycles. The van der Waals surface area contributed by atoms with E-state index in [4.69, 9.17) is 10.5 Å². The second-order valence-electron chi connectivity index (χ2n) is 3.47. The third kappa shape index (κ3) is 3.25. The fourth-order valence-corrected chi connectivity index (χ4v) is 1.37. The van der Waals surface area contributed by atoms with Crippen LogP contribution in [0.5, 0.6) is 5.75 Å². The number of anilines is 1. The Morgan fingerprint density at radius 2 is 2.17 bits per heavy atom. The van der Waals surface area contributed by atoms with Crippen molar-refractivity contribution in [3.05, 3.63) is 60.8 Å². The summed E-state index contributed by atoms with van der Waals surface area (Å²) in [5, 5.41) is 2.69. The fourth-order valence-electron chi connectivity index (χ4n) is 1.37. The van der Waals surface area contributed by atoms with E-state index < -0.39 is 0 Å². The number of nitrogens with one attached hydrogen (secondary N) is 1. The van der Waals surface area contributed by atoms with Crippen LogP contribution in [0.4, 0.5) is 5.69 Å². The molecule has 0 aliphatic rings. The molecule has 0 bridgehead atoms. The van der Waals surface area contributed by atoms with Crippen molar-refractivity contribution in [1.82, 2.24) is 5.32 Å². The van der Waals surface area contributed by atoms with Crippen LogP contribution in [0.25, 0.3) is 0 Å². The number of rotatable bonds is 5. The Morgan fingerprint density at radius 3 is 2.67 bits per heavy atom. The molecule has 3 N–H and O–H groups in total. The summed E-state index contributed by atoms with van der Waals surface area (Å²) in [5.41, 5.74) is 7.17. The highest BCUT2D eigenvalue weighted by Gasteiger charge is 2.08. The molecule has 0 heterocycles. The van der Waals surface area contributed by atoms with Crippen molar-refractivity contribution in [2.45, 2.75) is 0 Å². The molecule has 0 aliphatic carbocycles. The molecule has 4 nitrogen and oxygen atoms in total. The number of allylic oxidation sites excluding steroid dienone is 3. The molecule has 1 aromatic rings. The van der Waals surface area contributed by atoms with Crippen LogP contribution in [0.15, 0.2) is 55.3 Å². The van der Waals surface area contributed by atoms with Gasteiger partial charge in [0, 0.05) is 11.3 Å². The van der Waals surface area contributed by atoms with Crippen LogP contribution in [0.2, 0.25) is 0 Å². The van der Waals surface area contributed by atoms with E-state index in [0.29, 0.717) is 22.7 Å². The number of carbonyl (C=O) groups is 1. The molecule has 1 aromatic carbocycles. The zero-order chi connectivity index (χ0) is 13.5. The summed E-state index contributed by atoms with van der Waals surface area (Å²) in [7, 11) is 1.52. The van der Waals surface area contributed by atoms with E-state index >= 15 is 0 Å². The summed E-state index contributed by atoms with van der Waals surface area (Å²) in [6.07, 6.45) is 4.75. The van der Waals surface area contributed by atoms with Crippen molar-refractivity contribution >= 4 is 11.6 Å². The molecule has 18 heavy (non-hydrogen) atoms. The average molecular weight is 244 g/mol. The average Bonchev–Trinajstić information content (AvgIpc) is 2.37. The van der Waals surface area contributed by atoms with E-state index in [1.165, 1.54) is 13.2 Å². The smallest absolute Gasteiger partial charge is 0.255 e. The SMILES string of the molecule is C=C/C=C(\C=C)NC(=O)c1ccc(OC)c(N)c1. The van der Waals surface area contributed by atoms with Crippen molar-refractivity contribution in [2.24, 2.45) is 0 Å². The Bertz CT molecular complexity index is 505. The summed E-state index contributed by atoms with van der Waals surface area (Å²) in [5.74, 6) is 0.273. The number of carbonyl (C=O) groups excluding carboxylic acids is 1. The maximum absolute atomic E-state index is 11.9. The monoisotopic (exact) mass is 244 g/mol. The Morgan fingerprint density at radius 1 is 1.44 bits per heavy atom. The Labute approximate surface area is 106 Å². The zero-order valence-electron chi connectivity index (χ0n) is 10.3. The van der Waals surface area contributed by atoms with Gasteiger partial charge < -0.3 is 15.8 Å². The summed E-state index contributed by atoms with van der Waals surface area (Å²) in [6, 6.07) is 4.84. The number of nitrogens with two attached hydrogens (primary N) is 1. The highest BCUT2D eigenvalue weighted by atomic mass is 16.5. The molecule has 1 amide bonds. The van der Waals surface area contributed by atoms with Crippen LogP contribution in [-0.4, -0.2) is 13.0 Å². The number of benzene rings is 1. The molecule has 0 aliphatic heterocycles. The van der Waals surface area contributed by atoms with Crippen molar-refractivity contribution < 1.29 is 9.53 Å². The summed E-state index contributed by atoms with van der Waals surface area (Å²) in [4.78, 5) is 11.9. The predicted molar refractivity (Wildman–Crippen MR) is 73.3 cm³/mol. The van der Waals surface area contributed by atoms with Crippen LogP contribution in [0.1, 0.15) is 10.4 Å². The zero-order valence-corrected chi connectivity index (χ0v) is 10.3.